The molecule has 0 bridgehead atoms. The van der Waals surface area contributed by atoms with E-state index in [1.807, 2.05) is 38.1 Å². The summed E-state index contributed by atoms with van der Waals surface area (Å²) in [4.78, 5) is 36.5. The van der Waals surface area contributed by atoms with Crippen LogP contribution in [0.25, 0.3) is 10.9 Å². The smallest absolute Gasteiger partial charge is 0.356 e. The number of anilines is 2. The van der Waals surface area contributed by atoms with Crippen LogP contribution in [-0.2, 0) is 20.1 Å². The van der Waals surface area contributed by atoms with E-state index in [9.17, 15) is 14.7 Å². The standard InChI is InChI=1S/C27H27N5O3/c1-15-11-20(17(3)29-22-10-9-16(2)28-24(22)26(34)35)23-21(12-15)25(33)31(4)27(30-23)32-13-18-7-5-6-8-19(18)14-32/h5-12,17,29H,13-14H2,1-4H3,(H,34,35)/t17-/m1/s1. The summed E-state index contributed by atoms with van der Waals surface area (Å²) >= 11 is 0. The molecule has 8 heteroatoms. The van der Waals surface area contributed by atoms with Crippen LogP contribution in [0.2, 0.25) is 0 Å². The van der Waals surface area contributed by atoms with Crippen molar-refractivity contribution >= 4 is 28.5 Å². The number of fused-ring (bicyclic) bond motifs is 2. The average Bonchev–Trinajstić information content (AvgIpc) is 3.26. The Morgan fingerprint density at radius 1 is 1.06 bits per heavy atom. The number of nitrogens with zero attached hydrogens (tertiary/aromatic N) is 4. The number of carboxylic acid groups (broad SMARTS) is 1. The lowest BCUT2D eigenvalue weighted by molar-refractivity contribution is 0.0691. The molecule has 2 aromatic heterocycles. The minimum absolute atomic E-state index is 0.0341. The van der Waals surface area contributed by atoms with Crippen molar-refractivity contribution in [2.24, 2.45) is 7.05 Å². The highest BCUT2D eigenvalue weighted by Crippen LogP contribution is 2.31. The molecule has 0 saturated carbocycles. The van der Waals surface area contributed by atoms with Gasteiger partial charge < -0.3 is 15.3 Å². The normalized spacial score (nSPS) is 13.7. The number of aromatic carboxylic acids is 1. The van der Waals surface area contributed by atoms with Crippen molar-refractivity contribution in [2.75, 3.05) is 10.2 Å². The predicted molar refractivity (Wildman–Crippen MR) is 136 cm³/mol. The summed E-state index contributed by atoms with van der Waals surface area (Å²) in [5, 5.41) is 13.4. The first-order chi connectivity index (χ1) is 16.7. The van der Waals surface area contributed by atoms with Gasteiger partial charge in [0.2, 0.25) is 5.95 Å². The number of nitrogens with one attached hydrogen (secondary N) is 1. The molecule has 1 aliphatic rings. The van der Waals surface area contributed by atoms with Gasteiger partial charge in [-0.05, 0) is 55.7 Å². The van der Waals surface area contributed by atoms with Crippen molar-refractivity contribution in [1.82, 2.24) is 14.5 Å². The third-order valence-corrected chi connectivity index (χ3v) is 6.53. The second-order valence-corrected chi connectivity index (χ2v) is 9.17. The van der Waals surface area contributed by atoms with Crippen LogP contribution >= 0.6 is 0 Å². The molecule has 2 N–H and O–H groups in total. The van der Waals surface area contributed by atoms with Crippen LogP contribution in [0, 0.1) is 13.8 Å². The van der Waals surface area contributed by atoms with E-state index < -0.39 is 5.97 Å². The number of hydrogen-bond acceptors (Lipinski definition) is 6. The molecule has 0 spiro atoms. The molecule has 4 aromatic rings. The number of aromatic nitrogens is 3. The van der Waals surface area contributed by atoms with Crippen molar-refractivity contribution in [3.05, 3.63) is 92.5 Å². The summed E-state index contributed by atoms with van der Waals surface area (Å²) in [6, 6.07) is 15.3. The molecule has 0 saturated heterocycles. The molecule has 0 unspecified atom stereocenters. The molecule has 35 heavy (non-hydrogen) atoms. The van der Waals surface area contributed by atoms with Crippen LogP contribution < -0.4 is 15.8 Å². The van der Waals surface area contributed by atoms with E-state index in [1.54, 1.807) is 30.7 Å². The summed E-state index contributed by atoms with van der Waals surface area (Å²) in [6.45, 7) is 7.01. The molecular weight excluding hydrogens is 442 g/mol. The minimum Gasteiger partial charge on any atom is -0.476 e. The fourth-order valence-electron chi connectivity index (χ4n) is 4.78. The van der Waals surface area contributed by atoms with Gasteiger partial charge in [-0.25, -0.2) is 14.8 Å². The molecule has 5 rings (SSSR count). The van der Waals surface area contributed by atoms with E-state index in [4.69, 9.17) is 4.98 Å². The van der Waals surface area contributed by atoms with Gasteiger partial charge in [0.25, 0.3) is 5.56 Å². The fraction of sp³-hybridized carbons (Fsp3) is 0.259. The van der Waals surface area contributed by atoms with Gasteiger partial charge in [-0.3, -0.25) is 9.36 Å². The highest BCUT2D eigenvalue weighted by molar-refractivity contribution is 5.92. The number of benzene rings is 2. The molecule has 0 fully saturated rings. The van der Waals surface area contributed by atoms with Crippen LogP contribution in [0.15, 0.2) is 53.3 Å². The third-order valence-electron chi connectivity index (χ3n) is 6.53. The van der Waals surface area contributed by atoms with Crippen molar-refractivity contribution < 1.29 is 9.90 Å². The lowest BCUT2D eigenvalue weighted by Gasteiger charge is -2.23. The Hall–Kier alpha value is -4.20. The molecular formula is C27H27N5O3. The number of aryl methyl sites for hydroxylation is 2. The van der Waals surface area contributed by atoms with E-state index in [2.05, 4.69) is 27.3 Å². The number of hydrogen-bond donors (Lipinski definition) is 2. The second kappa shape index (κ2) is 8.54. The maximum absolute atomic E-state index is 13.4. The van der Waals surface area contributed by atoms with Gasteiger partial charge in [0.05, 0.1) is 22.6 Å². The Kier molecular flexibility index (Phi) is 5.51. The summed E-state index contributed by atoms with van der Waals surface area (Å²) in [7, 11) is 1.76. The second-order valence-electron chi connectivity index (χ2n) is 9.17. The highest BCUT2D eigenvalue weighted by Gasteiger charge is 2.25. The van der Waals surface area contributed by atoms with Crippen LogP contribution in [-0.4, -0.2) is 25.6 Å². The predicted octanol–water partition coefficient (Wildman–Crippen LogP) is 4.34. The summed E-state index contributed by atoms with van der Waals surface area (Å²) in [6.07, 6.45) is 0. The van der Waals surface area contributed by atoms with Gasteiger partial charge in [0, 0.05) is 31.4 Å². The maximum atomic E-state index is 13.4. The summed E-state index contributed by atoms with van der Waals surface area (Å²) in [5.74, 6) is -0.486. The van der Waals surface area contributed by atoms with Crippen molar-refractivity contribution in [3.63, 3.8) is 0 Å². The molecule has 0 radical (unpaired) electrons. The minimum atomic E-state index is -1.10. The average molecular weight is 470 g/mol. The molecule has 0 amide bonds. The first kappa shape index (κ1) is 22.6. The number of rotatable bonds is 5. The largest absolute Gasteiger partial charge is 0.476 e. The van der Waals surface area contributed by atoms with E-state index in [-0.39, 0.29) is 17.3 Å². The summed E-state index contributed by atoms with van der Waals surface area (Å²) < 4.78 is 1.61. The lowest BCUT2D eigenvalue weighted by Crippen LogP contribution is -2.28. The molecule has 0 aliphatic carbocycles. The Balaban J connectivity index is 1.60. The van der Waals surface area contributed by atoms with Gasteiger partial charge in [0.1, 0.15) is 0 Å². The van der Waals surface area contributed by atoms with Gasteiger partial charge >= 0.3 is 5.97 Å². The molecule has 3 heterocycles. The summed E-state index contributed by atoms with van der Waals surface area (Å²) in [5.41, 5.74) is 5.74. The van der Waals surface area contributed by atoms with Gasteiger partial charge in [-0.15, -0.1) is 0 Å². The Labute approximate surface area is 202 Å². The maximum Gasteiger partial charge on any atom is 0.356 e. The number of pyridine rings is 1. The topological polar surface area (TPSA) is 100 Å². The van der Waals surface area contributed by atoms with Crippen LogP contribution in [0.1, 0.15) is 51.4 Å². The Morgan fingerprint density at radius 3 is 2.40 bits per heavy atom. The zero-order chi connectivity index (χ0) is 24.9. The first-order valence-corrected chi connectivity index (χ1v) is 11.5. The van der Waals surface area contributed by atoms with Gasteiger partial charge in [0.15, 0.2) is 5.69 Å². The van der Waals surface area contributed by atoms with Crippen LogP contribution in [0.5, 0.6) is 0 Å². The monoisotopic (exact) mass is 469 g/mol. The Morgan fingerprint density at radius 2 is 1.74 bits per heavy atom. The van der Waals surface area contributed by atoms with Crippen molar-refractivity contribution in [2.45, 2.75) is 39.9 Å². The number of carbonyl (C=O) groups is 1. The van der Waals surface area contributed by atoms with E-state index in [0.29, 0.717) is 41.3 Å². The van der Waals surface area contributed by atoms with Crippen molar-refractivity contribution in [3.8, 4) is 0 Å². The van der Waals surface area contributed by atoms with E-state index in [0.717, 1.165) is 11.1 Å². The van der Waals surface area contributed by atoms with Crippen molar-refractivity contribution in [1.29, 1.82) is 0 Å². The van der Waals surface area contributed by atoms with Crippen LogP contribution in [0.3, 0.4) is 0 Å². The molecule has 2 aromatic carbocycles. The first-order valence-electron chi connectivity index (χ1n) is 11.5. The molecule has 8 nitrogen and oxygen atoms in total. The molecule has 1 aliphatic heterocycles. The van der Waals surface area contributed by atoms with E-state index >= 15 is 0 Å². The van der Waals surface area contributed by atoms with Crippen LogP contribution in [0.4, 0.5) is 11.6 Å². The molecule has 1 atom stereocenters. The fourth-order valence-corrected chi connectivity index (χ4v) is 4.78. The van der Waals surface area contributed by atoms with Gasteiger partial charge in [-0.2, -0.15) is 0 Å². The zero-order valence-electron chi connectivity index (χ0n) is 20.2. The Bertz CT molecular complexity index is 1520. The zero-order valence-corrected chi connectivity index (χ0v) is 20.2. The third kappa shape index (κ3) is 4.01. The van der Waals surface area contributed by atoms with E-state index in [1.165, 1.54) is 11.1 Å². The SMILES string of the molecule is Cc1cc([C@@H](C)Nc2ccc(C)nc2C(=O)O)c2nc(N3Cc4ccccc4C3)n(C)c(=O)c2c1. The van der Waals surface area contributed by atoms with Gasteiger partial charge in [-0.1, -0.05) is 30.3 Å². The lowest BCUT2D eigenvalue weighted by atomic mass is 10.0. The quantitative estimate of drug-likeness (QED) is 0.449. The highest BCUT2D eigenvalue weighted by atomic mass is 16.4. The number of carboxylic acids is 1. The molecule has 178 valence electrons.